The minimum atomic E-state index is -0.220. The predicted octanol–water partition coefficient (Wildman–Crippen LogP) is 4.28. The van der Waals surface area contributed by atoms with E-state index in [1.54, 1.807) is 36.8 Å². The molecule has 3 aromatic carbocycles. The van der Waals surface area contributed by atoms with Crippen molar-refractivity contribution in [1.82, 2.24) is 29.9 Å². The third kappa shape index (κ3) is 5.21. The lowest BCUT2D eigenvalue weighted by molar-refractivity contribution is 0.398. The molecule has 7 rings (SSSR count). The zero-order valence-corrected chi connectivity index (χ0v) is 25.4. The van der Waals surface area contributed by atoms with E-state index in [0.717, 1.165) is 76.6 Å². The lowest BCUT2D eigenvalue weighted by Crippen LogP contribution is -2.43. The van der Waals surface area contributed by atoms with Crippen molar-refractivity contribution in [1.29, 1.82) is 0 Å². The van der Waals surface area contributed by atoms with Crippen LogP contribution in [0.25, 0.3) is 38.8 Å². The van der Waals surface area contributed by atoms with Gasteiger partial charge in [-0.15, -0.1) is 5.10 Å². The minimum absolute atomic E-state index is 0.220. The van der Waals surface area contributed by atoms with Crippen molar-refractivity contribution in [2.24, 2.45) is 0 Å². The quantitative estimate of drug-likeness (QED) is 0.273. The van der Waals surface area contributed by atoms with Gasteiger partial charge < -0.3 is 29.0 Å². The largest absolute Gasteiger partial charge is 0.497 e. The highest BCUT2D eigenvalue weighted by molar-refractivity contribution is 6.04. The molecule has 1 N–H and O–H groups in total. The van der Waals surface area contributed by atoms with Crippen molar-refractivity contribution < 1.29 is 14.2 Å². The molecule has 4 heterocycles. The van der Waals surface area contributed by atoms with Crippen molar-refractivity contribution in [3.8, 4) is 34.2 Å². The Labute approximate surface area is 259 Å². The summed E-state index contributed by atoms with van der Waals surface area (Å²) in [5.41, 5.74) is 6.04. The van der Waals surface area contributed by atoms with E-state index in [9.17, 15) is 4.79 Å². The first-order chi connectivity index (χ1) is 22.1. The second-order valence-corrected chi connectivity index (χ2v) is 10.9. The summed E-state index contributed by atoms with van der Waals surface area (Å²) in [6.07, 6.45) is 1.78. The first-order valence-corrected chi connectivity index (χ1v) is 14.8. The van der Waals surface area contributed by atoms with Crippen LogP contribution in [-0.4, -0.2) is 72.1 Å². The van der Waals surface area contributed by atoms with Gasteiger partial charge in [-0.05, 0) is 53.6 Å². The number of nitrogens with zero attached hydrogens (tertiary/aromatic N) is 6. The minimum Gasteiger partial charge on any atom is -0.497 e. The molecule has 45 heavy (non-hydrogen) atoms. The maximum atomic E-state index is 14.1. The first kappa shape index (κ1) is 28.4. The third-order valence-corrected chi connectivity index (χ3v) is 8.30. The van der Waals surface area contributed by atoms with E-state index in [1.807, 2.05) is 60.7 Å². The van der Waals surface area contributed by atoms with Gasteiger partial charge in [0.1, 0.15) is 17.0 Å². The maximum absolute atomic E-state index is 14.1. The average Bonchev–Trinajstić information content (AvgIpc) is 3.56. The van der Waals surface area contributed by atoms with Crippen LogP contribution in [0.4, 0.5) is 5.69 Å². The molecule has 0 spiro atoms. The van der Waals surface area contributed by atoms with Crippen LogP contribution in [-0.2, 0) is 6.54 Å². The van der Waals surface area contributed by atoms with E-state index in [1.165, 1.54) is 0 Å². The van der Waals surface area contributed by atoms with Gasteiger partial charge in [0, 0.05) is 55.5 Å². The summed E-state index contributed by atoms with van der Waals surface area (Å²) in [6.45, 7) is 3.98. The Morgan fingerprint density at radius 2 is 1.64 bits per heavy atom. The summed E-state index contributed by atoms with van der Waals surface area (Å²) >= 11 is 0. The van der Waals surface area contributed by atoms with E-state index >= 15 is 0 Å². The molecule has 3 aromatic heterocycles. The summed E-state index contributed by atoms with van der Waals surface area (Å²) in [5, 5.41) is 13.2. The van der Waals surface area contributed by atoms with Crippen LogP contribution in [0.5, 0.6) is 17.4 Å². The molecule has 11 nitrogen and oxygen atoms in total. The number of rotatable bonds is 8. The summed E-state index contributed by atoms with van der Waals surface area (Å²) in [5.74, 6) is 2.03. The van der Waals surface area contributed by atoms with Crippen molar-refractivity contribution in [2.75, 3.05) is 52.4 Å². The van der Waals surface area contributed by atoms with Crippen LogP contribution in [0, 0.1) is 0 Å². The summed E-state index contributed by atoms with van der Waals surface area (Å²) in [4.78, 5) is 20.8. The fourth-order valence-corrected chi connectivity index (χ4v) is 5.93. The topological polar surface area (TPSA) is 109 Å². The molecule has 0 aliphatic carbocycles. The van der Waals surface area contributed by atoms with Gasteiger partial charge in [0.05, 0.1) is 44.8 Å². The van der Waals surface area contributed by atoms with Gasteiger partial charge in [-0.3, -0.25) is 4.79 Å². The molecule has 0 unspecified atom stereocenters. The molecule has 1 aliphatic rings. The summed E-state index contributed by atoms with van der Waals surface area (Å²) in [6, 6.07) is 23.6. The number of ether oxygens (including phenoxy) is 3. The lowest BCUT2D eigenvalue weighted by Gasteiger charge is -2.30. The van der Waals surface area contributed by atoms with Crippen LogP contribution in [0.2, 0.25) is 0 Å². The molecule has 0 amide bonds. The highest BCUT2D eigenvalue weighted by Crippen LogP contribution is 2.34. The van der Waals surface area contributed by atoms with E-state index in [2.05, 4.69) is 37.6 Å². The molecule has 0 bridgehead atoms. The number of piperazine rings is 1. The van der Waals surface area contributed by atoms with E-state index in [4.69, 9.17) is 14.2 Å². The lowest BCUT2D eigenvalue weighted by atomic mass is 10.0. The Kier molecular flexibility index (Phi) is 7.52. The number of hydrogen-bond acceptors (Lipinski definition) is 9. The molecule has 1 saturated heterocycles. The van der Waals surface area contributed by atoms with Gasteiger partial charge in [-0.2, -0.15) is 0 Å². The van der Waals surface area contributed by atoms with Crippen LogP contribution < -0.4 is 30.0 Å². The molecular formula is C34H33N7O4. The monoisotopic (exact) mass is 603 g/mol. The molecular weight excluding hydrogens is 570 g/mol. The second kappa shape index (κ2) is 11.9. The number of pyridine rings is 2. The van der Waals surface area contributed by atoms with Crippen LogP contribution in [0.15, 0.2) is 83.8 Å². The molecule has 1 fully saturated rings. The first-order valence-electron chi connectivity index (χ1n) is 14.8. The normalized spacial score (nSPS) is 13.4. The van der Waals surface area contributed by atoms with Crippen molar-refractivity contribution in [2.45, 2.75) is 6.54 Å². The number of hydrogen-bond donors (Lipinski definition) is 1. The number of anilines is 1. The fourth-order valence-electron chi connectivity index (χ4n) is 5.93. The Morgan fingerprint density at radius 3 is 2.36 bits per heavy atom. The maximum Gasteiger partial charge on any atom is 0.281 e. The zero-order valence-electron chi connectivity index (χ0n) is 25.4. The molecule has 0 radical (unpaired) electrons. The molecule has 0 atom stereocenters. The van der Waals surface area contributed by atoms with E-state index in [-0.39, 0.29) is 11.1 Å². The molecule has 6 aromatic rings. The van der Waals surface area contributed by atoms with Gasteiger partial charge in [0.15, 0.2) is 5.52 Å². The Morgan fingerprint density at radius 1 is 0.844 bits per heavy atom. The number of nitrogens with one attached hydrogen (secondary N) is 1. The van der Waals surface area contributed by atoms with Gasteiger partial charge in [0.25, 0.3) is 5.56 Å². The third-order valence-electron chi connectivity index (χ3n) is 8.30. The van der Waals surface area contributed by atoms with Gasteiger partial charge in [-0.1, -0.05) is 23.4 Å². The van der Waals surface area contributed by atoms with Gasteiger partial charge in [0.2, 0.25) is 5.88 Å². The fraction of sp³-hybridized carbons (Fsp3) is 0.235. The number of benzene rings is 3. The van der Waals surface area contributed by atoms with Crippen LogP contribution in [0.3, 0.4) is 0 Å². The standard InChI is InChI=1S/C34H33N7O4/c1-43-26-9-4-22(5-10-26)21-40-28-11-6-23(24-7-13-31(45-3)36-20-24)18-27(28)33-32(34(40)42)37-38-41(33)25-8-12-29(30(19-25)44-2)39-16-14-35-15-17-39/h4-13,18-20,35H,14-17,21H2,1-3H3. The van der Waals surface area contributed by atoms with Gasteiger partial charge >= 0.3 is 0 Å². The second-order valence-electron chi connectivity index (χ2n) is 10.9. The predicted molar refractivity (Wildman–Crippen MR) is 174 cm³/mol. The SMILES string of the molecule is COc1ccc(Cn2c(=O)c3nnn(-c4ccc(N5CCNCC5)c(OC)c4)c3c3cc(-c4ccc(OC)nc4)ccc32)cc1. The Bertz CT molecular complexity index is 2050. The van der Waals surface area contributed by atoms with Crippen molar-refractivity contribution in [3.05, 3.63) is 94.9 Å². The zero-order chi connectivity index (χ0) is 30.9. The smallest absolute Gasteiger partial charge is 0.281 e. The number of methoxy groups -OCH3 is 3. The average molecular weight is 604 g/mol. The number of fused-ring (bicyclic) bond motifs is 3. The molecule has 1 aliphatic heterocycles. The van der Waals surface area contributed by atoms with E-state index in [0.29, 0.717) is 17.9 Å². The molecule has 11 heteroatoms. The van der Waals surface area contributed by atoms with Gasteiger partial charge in [-0.25, -0.2) is 9.67 Å². The van der Waals surface area contributed by atoms with Crippen molar-refractivity contribution in [3.63, 3.8) is 0 Å². The Hall–Kier alpha value is -5.42. The number of aromatic nitrogens is 5. The summed E-state index contributed by atoms with van der Waals surface area (Å²) < 4.78 is 19.9. The highest BCUT2D eigenvalue weighted by Gasteiger charge is 2.21. The highest BCUT2D eigenvalue weighted by atomic mass is 16.5. The Balaban J connectivity index is 1.42. The van der Waals surface area contributed by atoms with Crippen LogP contribution >= 0.6 is 0 Å². The van der Waals surface area contributed by atoms with E-state index < -0.39 is 0 Å². The van der Waals surface area contributed by atoms with Crippen molar-refractivity contribution >= 4 is 27.6 Å². The van der Waals surface area contributed by atoms with Crippen LogP contribution in [0.1, 0.15) is 5.56 Å². The molecule has 0 saturated carbocycles. The molecule has 228 valence electrons. The summed E-state index contributed by atoms with van der Waals surface area (Å²) in [7, 11) is 4.90.